The summed E-state index contributed by atoms with van der Waals surface area (Å²) in [5.74, 6) is 0.860. The topological polar surface area (TPSA) is 52.6 Å². The van der Waals surface area contributed by atoms with E-state index >= 15 is 0 Å². The maximum atomic E-state index is 5.53. The third-order valence-electron chi connectivity index (χ3n) is 2.39. The maximum Gasteiger partial charge on any atom is 0.131 e. The monoisotopic (exact) mass is 254 g/mol. The molecule has 0 saturated carbocycles. The summed E-state index contributed by atoms with van der Waals surface area (Å²) in [7, 11) is 3.54. The SMILES string of the molecule is CNc1ncccc1COCCOCCCOC. The van der Waals surface area contributed by atoms with Gasteiger partial charge in [0.25, 0.3) is 0 Å². The molecule has 0 fully saturated rings. The zero-order chi connectivity index (χ0) is 13.1. The normalized spacial score (nSPS) is 10.6. The lowest BCUT2D eigenvalue weighted by Crippen LogP contribution is -2.07. The molecule has 5 nitrogen and oxygen atoms in total. The second-order valence-corrected chi connectivity index (χ2v) is 3.77. The average Bonchev–Trinajstić information content (AvgIpc) is 2.42. The Bertz CT molecular complexity index is 321. The Kier molecular flexibility index (Phi) is 8.12. The van der Waals surface area contributed by atoms with Gasteiger partial charge < -0.3 is 19.5 Å². The van der Waals surface area contributed by atoms with E-state index in [4.69, 9.17) is 14.2 Å². The summed E-state index contributed by atoms with van der Waals surface area (Å²) in [6, 6.07) is 3.90. The molecule has 1 N–H and O–H groups in total. The highest BCUT2D eigenvalue weighted by molar-refractivity contribution is 5.42. The lowest BCUT2D eigenvalue weighted by molar-refractivity contribution is 0.0338. The first-order valence-corrected chi connectivity index (χ1v) is 6.14. The van der Waals surface area contributed by atoms with Gasteiger partial charge in [-0.15, -0.1) is 0 Å². The Morgan fingerprint density at radius 1 is 1.17 bits per heavy atom. The molecule has 0 bridgehead atoms. The summed E-state index contributed by atoms with van der Waals surface area (Å²) in [5.41, 5.74) is 1.05. The van der Waals surface area contributed by atoms with Gasteiger partial charge in [-0.05, 0) is 12.5 Å². The van der Waals surface area contributed by atoms with Crippen molar-refractivity contribution in [1.82, 2.24) is 4.98 Å². The van der Waals surface area contributed by atoms with Crippen molar-refractivity contribution in [2.24, 2.45) is 0 Å². The molecular weight excluding hydrogens is 232 g/mol. The van der Waals surface area contributed by atoms with Crippen LogP contribution in [0, 0.1) is 0 Å². The minimum absolute atomic E-state index is 0.547. The summed E-state index contributed by atoms with van der Waals surface area (Å²) in [5, 5.41) is 3.03. The molecule has 18 heavy (non-hydrogen) atoms. The fraction of sp³-hybridized carbons (Fsp3) is 0.615. The zero-order valence-electron chi connectivity index (χ0n) is 11.1. The fourth-order valence-corrected chi connectivity index (χ4v) is 1.49. The van der Waals surface area contributed by atoms with E-state index in [1.165, 1.54) is 0 Å². The number of rotatable bonds is 10. The quantitative estimate of drug-likeness (QED) is 0.644. The molecule has 0 aromatic carbocycles. The highest BCUT2D eigenvalue weighted by Crippen LogP contribution is 2.11. The van der Waals surface area contributed by atoms with Crippen LogP contribution in [0.1, 0.15) is 12.0 Å². The van der Waals surface area contributed by atoms with Crippen LogP contribution in [-0.2, 0) is 20.8 Å². The van der Waals surface area contributed by atoms with Crippen LogP contribution in [0.15, 0.2) is 18.3 Å². The minimum atomic E-state index is 0.547. The summed E-state index contributed by atoms with van der Waals surface area (Å²) < 4.78 is 15.9. The fourth-order valence-electron chi connectivity index (χ4n) is 1.49. The van der Waals surface area contributed by atoms with E-state index in [2.05, 4.69) is 10.3 Å². The molecule has 5 heteroatoms. The van der Waals surface area contributed by atoms with Gasteiger partial charge in [-0.3, -0.25) is 0 Å². The standard InChI is InChI=1S/C13H22N2O3/c1-14-13-12(5-3-6-15-13)11-18-10-9-17-8-4-7-16-2/h3,5-6H,4,7-11H2,1-2H3,(H,14,15). The number of aromatic nitrogens is 1. The second kappa shape index (κ2) is 9.82. The summed E-state index contributed by atoms with van der Waals surface area (Å²) in [6.07, 6.45) is 2.68. The lowest BCUT2D eigenvalue weighted by atomic mass is 10.3. The molecule has 0 aliphatic carbocycles. The van der Waals surface area contributed by atoms with Gasteiger partial charge in [0.05, 0.1) is 19.8 Å². The van der Waals surface area contributed by atoms with Crippen molar-refractivity contribution < 1.29 is 14.2 Å². The van der Waals surface area contributed by atoms with Crippen molar-refractivity contribution in [3.8, 4) is 0 Å². The van der Waals surface area contributed by atoms with E-state index in [9.17, 15) is 0 Å². The number of nitrogens with zero attached hydrogens (tertiary/aromatic N) is 1. The first kappa shape index (κ1) is 14.9. The maximum absolute atomic E-state index is 5.53. The first-order valence-electron chi connectivity index (χ1n) is 6.14. The molecular formula is C13H22N2O3. The largest absolute Gasteiger partial charge is 0.385 e. The van der Waals surface area contributed by atoms with Gasteiger partial charge >= 0.3 is 0 Å². The molecule has 1 aromatic heterocycles. The van der Waals surface area contributed by atoms with Crippen LogP contribution in [0.5, 0.6) is 0 Å². The van der Waals surface area contributed by atoms with E-state index in [0.717, 1.165) is 24.4 Å². The van der Waals surface area contributed by atoms with Gasteiger partial charge in [-0.25, -0.2) is 4.98 Å². The van der Waals surface area contributed by atoms with E-state index in [1.54, 1.807) is 13.3 Å². The van der Waals surface area contributed by atoms with Gasteiger partial charge in [0.15, 0.2) is 0 Å². The molecule has 0 unspecified atom stereocenters. The Hall–Kier alpha value is -1.17. The highest BCUT2D eigenvalue weighted by Gasteiger charge is 2.00. The van der Waals surface area contributed by atoms with Crippen LogP contribution < -0.4 is 5.32 Å². The number of nitrogens with one attached hydrogen (secondary N) is 1. The van der Waals surface area contributed by atoms with Crippen LogP contribution in [0.2, 0.25) is 0 Å². The molecule has 0 saturated heterocycles. The van der Waals surface area contributed by atoms with Crippen molar-refractivity contribution in [3.05, 3.63) is 23.9 Å². The summed E-state index contributed by atoms with van der Waals surface area (Å²) in [6.45, 7) is 3.20. The number of ether oxygens (including phenoxy) is 3. The molecule has 0 radical (unpaired) electrons. The highest BCUT2D eigenvalue weighted by atomic mass is 16.5. The zero-order valence-corrected chi connectivity index (χ0v) is 11.1. The van der Waals surface area contributed by atoms with Gasteiger partial charge in [0.2, 0.25) is 0 Å². The predicted molar refractivity (Wildman–Crippen MR) is 70.8 cm³/mol. The van der Waals surface area contributed by atoms with Gasteiger partial charge in [-0.1, -0.05) is 6.07 Å². The molecule has 1 rings (SSSR count). The van der Waals surface area contributed by atoms with Gasteiger partial charge in [-0.2, -0.15) is 0 Å². The van der Waals surface area contributed by atoms with E-state index in [0.29, 0.717) is 26.4 Å². The molecule has 0 atom stereocenters. The average molecular weight is 254 g/mol. The Labute approximate surface area is 108 Å². The minimum Gasteiger partial charge on any atom is -0.385 e. The van der Waals surface area contributed by atoms with Crippen LogP contribution >= 0.6 is 0 Å². The number of methoxy groups -OCH3 is 1. The molecule has 1 aromatic rings. The van der Waals surface area contributed by atoms with Crippen molar-refractivity contribution in [2.45, 2.75) is 13.0 Å². The van der Waals surface area contributed by atoms with E-state index < -0.39 is 0 Å². The van der Waals surface area contributed by atoms with Crippen LogP contribution in [0.4, 0.5) is 5.82 Å². The van der Waals surface area contributed by atoms with Crippen LogP contribution in [0.3, 0.4) is 0 Å². The Morgan fingerprint density at radius 3 is 2.78 bits per heavy atom. The number of hydrogen-bond donors (Lipinski definition) is 1. The van der Waals surface area contributed by atoms with Crippen molar-refractivity contribution in [2.75, 3.05) is 45.9 Å². The molecule has 0 aliphatic heterocycles. The van der Waals surface area contributed by atoms with Crippen LogP contribution in [-0.4, -0.2) is 45.6 Å². The molecule has 0 amide bonds. The molecule has 102 valence electrons. The van der Waals surface area contributed by atoms with Gasteiger partial charge in [0.1, 0.15) is 5.82 Å². The third kappa shape index (κ3) is 5.95. The Balaban J connectivity index is 2.07. The molecule has 0 aliphatic rings. The first-order chi connectivity index (χ1) is 8.88. The van der Waals surface area contributed by atoms with Crippen molar-refractivity contribution in [1.29, 1.82) is 0 Å². The number of hydrogen-bond acceptors (Lipinski definition) is 5. The summed E-state index contributed by atoms with van der Waals surface area (Å²) >= 11 is 0. The van der Waals surface area contributed by atoms with E-state index in [-0.39, 0.29) is 0 Å². The summed E-state index contributed by atoms with van der Waals surface area (Å²) in [4.78, 5) is 4.21. The third-order valence-corrected chi connectivity index (χ3v) is 2.39. The van der Waals surface area contributed by atoms with Gasteiger partial charge in [0, 0.05) is 39.1 Å². The smallest absolute Gasteiger partial charge is 0.131 e. The van der Waals surface area contributed by atoms with Crippen molar-refractivity contribution in [3.63, 3.8) is 0 Å². The van der Waals surface area contributed by atoms with Crippen LogP contribution in [0.25, 0.3) is 0 Å². The number of anilines is 1. The molecule has 0 spiro atoms. The second-order valence-electron chi connectivity index (χ2n) is 3.77. The Morgan fingerprint density at radius 2 is 2.00 bits per heavy atom. The molecule has 1 heterocycles. The van der Waals surface area contributed by atoms with Crippen molar-refractivity contribution >= 4 is 5.82 Å². The van der Waals surface area contributed by atoms with E-state index in [1.807, 2.05) is 19.2 Å². The lowest BCUT2D eigenvalue weighted by Gasteiger charge is -2.08. The number of pyridine rings is 1. The predicted octanol–water partition coefficient (Wildman–Crippen LogP) is 1.69.